The van der Waals surface area contributed by atoms with E-state index in [-0.39, 0.29) is 0 Å². The van der Waals surface area contributed by atoms with Gasteiger partial charge < -0.3 is 4.74 Å². The first-order valence-electron chi connectivity index (χ1n) is 8.16. The fourth-order valence-corrected chi connectivity index (χ4v) is 3.33. The van der Waals surface area contributed by atoms with E-state index in [0.29, 0.717) is 10.0 Å². The van der Waals surface area contributed by atoms with Crippen LogP contribution in [0.25, 0.3) is 6.08 Å². The van der Waals surface area contributed by atoms with Crippen LogP contribution in [0, 0.1) is 0 Å². The highest BCUT2D eigenvalue weighted by Crippen LogP contribution is 2.26. The summed E-state index contributed by atoms with van der Waals surface area (Å²) in [4.78, 5) is 2.25. The summed E-state index contributed by atoms with van der Waals surface area (Å²) in [5, 5.41) is 1.33. The van der Waals surface area contributed by atoms with Crippen molar-refractivity contribution in [2.45, 2.75) is 19.4 Å². The van der Waals surface area contributed by atoms with Crippen LogP contribution < -0.4 is 4.74 Å². The van der Waals surface area contributed by atoms with Gasteiger partial charge >= 0.3 is 0 Å². The molecule has 2 aromatic rings. The maximum Gasteiger partial charge on any atom is 0.122 e. The Morgan fingerprint density at radius 3 is 2.88 bits per heavy atom. The van der Waals surface area contributed by atoms with E-state index in [1.807, 2.05) is 18.2 Å². The van der Waals surface area contributed by atoms with E-state index < -0.39 is 0 Å². The maximum atomic E-state index is 6.18. The molecule has 0 saturated heterocycles. The van der Waals surface area contributed by atoms with E-state index in [4.69, 9.17) is 27.9 Å². The van der Waals surface area contributed by atoms with Crippen molar-refractivity contribution >= 4 is 29.3 Å². The average Bonchev–Trinajstić information content (AvgIpc) is 2.57. The molecular formula is C20H21Cl2NO. The van der Waals surface area contributed by atoms with Crippen LogP contribution in [-0.4, -0.2) is 25.1 Å². The van der Waals surface area contributed by atoms with Crippen molar-refractivity contribution in [2.24, 2.45) is 0 Å². The Labute approximate surface area is 153 Å². The number of likely N-dealkylation sites (N-methyl/N-ethyl adjacent to an activating group) is 1. The van der Waals surface area contributed by atoms with Crippen LogP contribution in [0.1, 0.15) is 23.1 Å². The quantitative estimate of drug-likeness (QED) is 0.700. The molecule has 0 N–H and O–H groups in total. The second kappa shape index (κ2) is 8.06. The lowest BCUT2D eigenvalue weighted by molar-refractivity contribution is 0.287. The number of aryl methyl sites for hydroxylation is 1. The third kappa shape index (κ3) is 4.54. The summed E-state index contributed by atoms with van der Waals surface area (Å²) >= 11 is 12.1. The molecule has 0 amide bonds. The van der Waals surface area contributed by atoms with Gasteiger partial charge in [0.25, 0.3) is 0 Å². The molecule has 0 bridgehead atoms. The first-order chi connectivity index (χ1) is 11.6. The van der Waals surface area contributed by atoms with E-state index in [1.54, 1.807) is 6.07 Å². The number of benzene rings is 2. The van der Waals surface area contributed by atoms with Gasteiger partial charge in [0.2, 0.25) is 0 Å². The largest absolute Gasteiger partial charge is 0.493 e. The molecule has 0 radical (unpaired) electrons. The molecule has 2 nitrogen and oxygen atoms in total. The molecular weight excluding hydrogens is 341 g/mol. The first kappa shape index (κ1) is 17.3. The van der Waals surface area contributed by atoms with E-state index in [9.17, 15) is 0 Å². The van der Waals surface area contributed by atoms with Gasteiger partial charge in [-0.1, -0.05) is 53.6 Å². The third-order valence-corrected chi connectivity index (χ3v) is 4.67. The SMILES string of the molecule is CN(C/C=C/c1ccc(Cl)cc1Cl)Cc1ccc2c(c1)OCCC2. The van der Waals surface area contributed by atoms with Crippen LogP contribution in [-0.2, 0) is 13.0 Å². The van der Waals surface area contributed by atoms with Crippen molar-refractivity contribution in [2.75, 3.05) is 20.2 Å². The maximum absolute atomic E-state index is 6.18. The Hall–Kier alpha value is -1.48. The molecule has 24 heavy (non-hydrogen) atoms. The smallest absolute Gasteiger partial charge is 0.122 e. The van der Waals surface area contributed by atoms with Crippen molar-refractivity contribution in [3.8, 4) is 5.75 Å². The highest BCUT2D eigenvalue weighted by atomic mass is 35.5. The van der Waals surface area contributed by atoms with Crippen LogP contribution in [0.3, 0.4) is 0 Å². The van der Waals surface area contributed by atoms with Gasteiger partial charge in [0.05, 0.1) is 6.61 Å². The summed E-state index contributed by atoms with van der Waals surface area (Å²) in [6, 6.07) is 12.1. The number of hydrogen-bond acceptors (Lipinski definition) is 2. The Bertz CT molecular complexity index is 742. The Morgan fingerprint density at radius 2 is 2.04 bits per heavy atom. The number of halogens is 2. The average molecular weight is 362 g/mol. The summed E-state index contributed by atoms with van der Waals surface area (Å²) in [5.41, 5.74) is 3.58. The third-order valence-electron chi connectivity index (χ3n) is 4.11. The molecule has 126 valence electrons. The number of rotatable bonds is 5. The molecule has 0 unspecified atom stereocenters. The Kier molecular flexibility index (Phi) is 5.83. The van der Waals surface area contributed by atoms with Gasteiger partial charge in [-0.25, -0.2) is 0 Å². The lowest BCUT2D eigenvalue weighted by Gasteiger charge is -2.20. The molecule has 0 aromatic heterocycles. The normalized spacial score (nSPS) is 14.0. The number of ether oxygens (including phenoxy) is 1. The molecule has 4 heteroatoms. The molecule has 1 heterocycles. The summed E-state index contributed by atoms with van der Waals surface area (Å²) in [5.74, 6) is 1.05. The summed E-state index contributed by atoms with van der Waals surface area (Å²) in [6.45, 7) is 2.56. The lowest BCUT2D eigenvalue weighted by atomic mass is 10.0. The monoisotopic (exact) mass is 361 g/mol. The van der Waals surface area contributed by atoms with Gasteiger partial charge in [0.15, 0.2) is 0 Å². The van der Waals surface area contributed by atoms with Crippen molar-refractivity contribution in [1.29, 1.82) is 0 Å². The molecule has 0 fully saturated rings. The van der Waals surface area contributed by atoms with E-state index >= 15 is 0 Å². The van der Waals surface area contributed by atoms with E-state index in [2.05, 4.69) is 36.2 Å². The molecule has 0 saturated carbocycles. The molecule has 0 aliphatic carbocycles. The minimum absolute atomic E-state index is 0.656. The van der Waals surface area contributed by atoms with Crippen molar-refractivity contribution in [3.63, 3.8) is 0 Å². The van der Waals surface area contributed by atoms with Gasteiger partial charge in [0, 0.05) is 23.1 Å². The van der Waals surface area contributed by atoms with Crippen LogP contribution in [0.5, 0.6) is 5.75 Å². The highest BCUT2D eigenvalue weighted by molar-refractivity contribution is 6.35. The second-order valence-corrected chi connectivity index (χ2v) is 7.00. The minimum atomic E-state index is 0.656. The second-order valence-electron chi connectivity index (χ2n) is 6.16. The topological polar surface area (TPSA) is 12.5 Å². The number of hydrogen-bond donors (Lipinski definition) is 0. The minimum Gasteiger partial charge on any atom is -0.493 e. The first-order valence-corrected chi connectivity index (χ1v) is 8.92. The predicted octanol–water partition coefficient (Wildman–Crippen LogP) is 5.46. The highest BCUT2D eigenvalue weighted by Gasteiger charge is 2.11. The van der Waals surface area contributed by atoms with E-state index in [0.717, 1.165) is 43.9 Å². The summed E-state index contributed by atoms with van der Waals surface area (Å²) < 4.78 is 5.75. The van der Waals surface area contributed by atoms with Gasteiger partial charge in [-0.15, -0.1) is 0 Å². The number of nitrogens with zero attached hydrogens (tertiary/aromatic N) is 1. The standard InChI is InChI=1S/C20H21Cl2NO/c1-23(10-2-4-16-8-9-18(21)13-19(16)22)14-15-6-7-17-5-3-11-24-20(17)12-15/h2,4,6-9,12-13H,3,5,10-11,14H2,1H3/b4-2+. The molecule has 2 aromatic carbocycles. The number of fused-ring (bicyclic) bond motifs is 1. The zero-order chi connectivity index (χ0) is 16.9. The van der Waals surface area contributed by atoms with Crippen LogP contribution in [0.4, 0.5) is 0 Å². The van der Waals surface area contributed by atoms with Crippen molar-refractivity contribution < 1.29 is 4.74 Å². The van der Waals surface area contributed by atoms with Gasteiger partial charge in [-0.2, -0.15) is 0 Å². The van der Waals surface area contributed by atoms with Crippen molar-refractivity contribution in [1.82, 2.24) is 4.90 Å². The summed E-state index contributed by atoms with van der Waals surface area (Å²) in [7, 11) is 2.11. The van der Waals surface area contributed by atoms with Crippen molar-refractivity contribution in [3.05, 3.63) is 69.2 Å². The zero-order valence-electron chi connectivity index (χ0n) is 13.8. The van der Waals surface area contributed by atoms with E-state index in [1.165, 1.54) is 11.1 Å². The van der Waals surface area contributed by atoms with Crippen LogP contribution >= 0.6 is 23.2 Å². The lowest BCUT2D eigenvalue weighted by Crippen LogP contribution is -2.18. The molecule has 0 spiro atoms. The fraction of sp³-hybridized carbons (Fsp3) is 0.300. The van der Waals surface area contributed by atoms with Gasteiger partial charge in [-0.3, -0.25) is 4.90 Å². The molecule has 3 rings (SSSR count). The zero-order valence-corrected chi connectivity index (χ0v) is 15.3. The Morgan fingerprint density at radius 1 is 1.17 bits per heavy atom. The van der Waals surface area contributed by atoms with Gasteiger partial charge in [-0.05, 0) is 54.8 Å². The predicted molar refractivity (Wildman–Crippen MR) is 102 cm³/mol. The fourth-order valence-electron chi connectivity index (χ4n) is 2.86. The molecule has 0 atom stereocenters. The van der Waals surface area contributed by atoms with Gasteiger partial charge in [0.1, 0.15) is 5.75 Å². The Balaban J connectivity index is 1.57. The summed E-state index contributed by atoms with van der Waals surface area (Å²) in [6.07, 6.45) is 6.38. The van der Waals surface area contributed by atoms with Crippen LogP contribution in [0.2, 0.25) is 10.0 Å². The molecule has 1 aliphatic heterocycles. The molecule has 1 aliphatic rings. The van der Waals surface area contributed by atoms with Crippen LogP contribution in [0.15, 0.2) is 42.5 Å².